The van der Waals surface area contributed by atoms with E-state index in [1.165, 1.54) is 0 Å². The molecule has 26 heavy (non-hydrogen) atoms. The van der Waals surface area contributed by atoms with E-state index >= 15 is 0 Å². The molecule has 1 heterocycles. The van der Waals surface area contributed by atoms with Gasteiger partial charge < -0.3 is 29.7 Å². The van der Waals surface area contributed by atoms with Gasteiger partial charge in [0.25, 0.3) is 5.76 Å². The highest BCUT2D eigenvalue weighted by atomic mass is 17.1. The van der Waals surface area contributed by atoms with Gasteiger partial charge in [-0.15, -0.1) is 0 Å². The summed E-state index contributed by atoms with van der Waals surface area (Å²) in [5.41, 5.74) is -1.12. The molecule has 0 aromatic heterocycles. The number of hydrogen-bond donors (Lipinski definition) is 4. The van der Waals surface area contributed by atoms with E-state index in [4.69, 9.17) is 14.6 Å². The number of benzene rings is 1. The summed E-state index contributed by atoms with van der Waals surface area (Å²) < 4.78 is 10.9. The van der Waals surface area contributed by atoms with Crippen LogP contribution < -0.4 is 4.74 Å². The van der Waals surface area contributed by atoms with Gasteiger partial charge in [-0.1, -0.05) is 32.0 Å². The second kappa shape index (κ2) is 8.50. The van der Waals surface area contributed by atoms with Crippen molar-refractivity contribution in [3.63, 3.8) is 0 Å². The van der Waals surface area contributed by atoms with E-state index in [2.05, 4.69) is 4.89 Å². The van der Waals surface area contributed by atoms with Crippen molar-refractivity contribution in [1.29, 1.82) is 0 Å². The molecule has 4 N–H and O–H groups in total. The quantitative estimate of drug-likeness (QED) is 0.289. The van der Waals surface area contributed by atoms with E-state index in [0.717, 1.165) is 0 Å². The van der Waals surface area contributed by atoms with Gasteiger partial charge >= 0.3 is 5.97 Å². The molecule has 0 aliphatic carbocycles. The van der Waals surface area contributed by atoms with Crippen LogP contribution in [0.5, 0.6) is 5.75 Å². The highest BCUT2D eigenvalue weighted by Crippen LogP contribution is 2.42. The van der Waals surface area contributed by atoms with E-state index in [0.29, 0.717) is 12.0 Å². The third-order valence-corrected chi connectivity index (χ3v) is 4.13. The monoisotopic (exact) mass is 368 g/mol. The van der Waals surface area contributed by atoms with E-state index in [9.17, 15) is 20.3 Å². The average molecular weight is 368 g/mol. The third-order valence-electron chi connectivity index (χ3n) is 4.13. The fraction of sp³-hybridized carbons (Fsp3) is 0.500. The molecule has 0 bridgehead atoms. The Labute approximate surface area is 151 Å². The Kier molecular flexibility index (Phi) is 6.60. The fourth-order valence-corrected chi connectivity index (χ4v) is 3.03. The third kappa shape index (κ3) is 3.83. The van der Waals surface area contributed by atoms with E-state index in [1.807, 2.05) is 13.8 Å². The maximum absolute atomic E-state index is 12.4. The average Bonchev–Trinajstić information content (AvgIpc) is 2.87. The molecular formula is C18H24O8. The van der Waals surface area contributed by atoms with Crippen molar-refractivity contribution in [2.75, 3.05) is 13.2 Å². The molecule has 8 heteroatoms. The number of aliphatic hydroxyl groups excluding tert-OH is 3. The van der Waals surface area contributed by atoms with Gasteiger partial charge in [-0.3, -0.25) is 0 Å². The molecule has 1 aromatic carbocycles. The summed E-state index contributed by atoms with van der Waals surface area (Å²) in [6, 6.07) is 6.74. The van der Waals surface area contributed by atoms with Crippen LogP contribution in [0.2, 0.25) is 0 Å². The van der Waals surface area contributed by atoms with E-state index < -0.39 is 35.8 Å². The summed E-state index contributed by atoms with van der Waals surface area (Å²) in [4.78, 5) is 16.8. The molecule has 2 rings (SSSR count). The Morgan fingerprint density at radius 1 is 1.23 bits per heavy atom. The minimum atomic E-state index is -1.75. The number of aliphatic hydroxyl groups is 3. The van der Waals surface area contributed by atoms with E-state index in [1.54, 1.807) is 24.3 Å². The van der Waals surface area contributed by atoms with E-state index in [-0.39, 0.29) is 24.7 Å². The van der Waals surface area contributed by atoms with Gasteiger partial charge in [0.15, 0.2) is 0 Å². The van der Waals surface area contributed by atoms with Gasteiger partial charge in [-0.05, 0) is 30.4 Å². The molecule has 0 amide bonds. The lowest BCUT2D eigenvalue weighted by Gasteiger charge is -2.33. The SMILES string of the molecule is CC(C)C[C@]1([C@@H](O)CO)OC(=O)C(Oc2ccccc2CCO)=C1OO. The topological polar surface area (TPSA) is 126 Å². The first-order valence-corrected chi connectivity index (χ1v) is 8.34. The van der Waals surface area contributed by atoms with Gasteiger partial charge in [0.2, 0.25) is 11.4 Å². The van der Waals surface area contributed by atoms with Crippen LogP contribution in [0.25, 0.3) is 0 Å². The molecule has 1 aliphatic heterocycles. The summed E-state index contributed by atoms with van der Waals surface area (Å²) >= 11 is 0. The van der Waals surface area contributed by atoms with Crippen molar-refractivity contribution in [2.24, 2.45) is 5.92 Å². The number of hydrogen-bond acceptors (Lipinski definition) is 8. The number of cyclic esters (lactones) is 1. The normalized spacial score (nSPS) is 21.1. The molecular weight excluding hydrogens is 344 g/mol. The van der Waals surface area contributed by atoms with Crippen molar-refractivity contribution in [3.05, 3.63) is 41.3 Å². The lowest BCUT2D eigenvalue weighted by atomic mass is 9.86. The van der Waals surface area contributed by atoms with Crippen molar-refractivity contribution >= 4 is 5.97 Å². The van der Waals surface area contributed by atoms with Crippen LogP contribution in [0, 0.1) is 5.92 Å². The maximum atomic E-state index is 12.4. The summed E-state index contributed by atoms with van der Waals surface area (Å²) in [5.74, 6) is -1.51. The second-order valence-corrected chi connectivity index (χ2v) is 6.51. The fourth-order valence-electron chi connectivity index (χ4n) is 3.03. The standard InChI is InChI=1S/C18H24O8/c1-11(2)9-18(14(21)10-20)16(26-23)15(17(22)25-18)24-13-6-4-3-5-12(13)7-8-19/h3-6,11,14,19-21,23H,7-10H2,1-2H3/t14-,18+/m0/s1. The summed E-state index contributed by atoms with van der Waals surface area (Å²) in [6.07, 6.45) is -1.11. The number of para-hydroxylation sites is 1. The summed E-state index contributed by atoms with van der Waals surface area (Å²) in [5, 5.41) is 38.2. The number of esters is 1. The molecule has 1 aromatic rings. The Morgan fingerprint density at radius 2 is 1.92 bits per heavy atom. The molecule has 0 spiro atoms. The molecule has 2 atom stereocenters. The van der Waals surface area contributed by atoms with Crippen LogP contribution >= 0.6 is 0 Å². The first kappa shape index (κ1) is 20.2. The number of rotatable bonds is 9. The van der Waals surface area contributed by atoms with Crippen LogP contribution in [0.4, 0.5) is 0 Å². The smallest absolute Gasteiger partial charge is 0.379 e. The second-order valence-electron chi connectivity index (χ2n) is 6.51. The molecule has 1 aliphatic rings. The predicted molar refractivity (Wildman–Crippen MR) is 90.0 cm³/mol. The number of ether oxygens (including phenoxy) is 2. The molecule has 0 unspecified atom stereocenters. The molecule has 144 valence electrons. The summed E-state index contributed by atoms with van der Waals surface area (Å²) in [6.45, 7) is 2.82. The van der Waals surface area contributed by atoms with Crippen LogP contribution in [0.15, 0.2) is 35.8 Å². The van der Waals surface area contributed by atoms with Crippen molar-refractivity contribution < 1.29 is 39.7 Å². The number of carbonyl (C=O) groups excluding carboxylic acids is 1. The predicted octanol–water partition coefficient (Wildman–Crippen LogP) is 0.996. The van der Waals surface area contributed by atoms with Crippen LogP contribution in [-0.4, -0.2) is 51.5 Å². The molecule has 0 saturated carbocycles. The Morgan fingerprint density at radius 3 is 2.50 bits per heavy atom. The Bertz CT molecular complexity index is 669. The van der Waals surface area contributed by atoms with Gasteiger partial charge in [0.1, 0.15) is 11.9 Å². The molecule has 0 radical (unpaired) electrons. The number of carbonyl (C=O) groups is 1. The first-order chi connectivity index (χ1) is 12.4. The molecule has 0 fully saturated rings. The minimum absolute atomic E-state index is 0.0600. The Balaban J connectivity index is 2.49. The van der Waals surface area contributed by atoms with Crippen molar-refractivity contribution in [2.45, 2.75) is 38.4 Å². The molecule has 0 saturated heterocycles. The van der Waals surface area contributed by atoms with Gasteiger partial charge in [0.05, 0.1) is 6.61 Å². The van der Waals surface area contributed by atoms with Crippen LogP contribution in [0.1, 0.15) is 25.8 Å². The Hall–Kier alpha value is -2.13. The lowest BCUT2D eigenvalue weighted by molar-refractivity contribution is -0.241. The van der Waals surface area contributed by atoms with Crippen molar-refractivity contribution in [3.8, 4) is 5.75 Å². The zero-order chi connectivity index (χ0) is 19.3. The van der Waals surface area contributed by atoms with Gasteiger partial charge in [0, 0.05) is 6.61 Å². The zero-order valence-electron chi connectivity index (χ0n) is 14.7. The van der Waals surface area contributed by atoms with Crippen LogP contribution in [-0.2, 0) is 20.8 Å². The molecule has 8 nitrogen and oxygen atoms in total. The highest BCUT2D eigenvalue weighted by Gasteiger charge is 2.56. The zero-order valence-corrected chi connectivity index (χ0v) is 14.7. The highest BCUT2D eigenvalue weighted by molar-refractivity contribution is 5.91. The van der Waals surface area contributed by atoms with Crippen molar-refractivity contribution in [1.82, 2.24) is 0 Å². The lowest BCUT2D eigenvalue weighted by Crippen LogP contribution is -2.48. The van der Waals surface area contributed by atoms with Gasteiger partial charge in [-0.2, -0.15) is 0 Å². The maximum Gasteiger partial charge on any atom is 0.379 e. The van der Waals surface area contributed by atoms with Crippen LogP contribution in [0.3, 0.4) is 0 Å². The largest absolute Gasteiger partial charge is 0.446 e. The minimum Gasteiger partial charge on any atom is -0.446 e. The summed E-state index contributed by atoms with van der Waals surface area (Å²) in [7, 11) is 0. The first-order valence-electron chi connectivity index (χ1n) is 8.34. The van der Waals surface area contributed by atoms with Gasteiger partial charge in [-0.25, -0.2) is 10.1 Å².